The average Bonchev–Trinajstić information content (AvgIpc) is 3.38. The number of pyridine rings is 1. The fraction of sp³-hybridized carbons (Fsp3) is 0.0526. The molecule has 0 atom stereocenters. The minimum atomic E-state index is -3.31. The Balaban J connectivity index is 1.56. The predicted octanol–water partition coefficient (Wildman–Crippen LogP) is 2.58. The zero-order chi connectivity index (χ0) is 20.4. The van der Waals surface area contributed by atoms with E-state index in [1.807, 2.05) is 6.07 Å². The van der Waals surface area contributed by atoms with Crippen molar-refractivity contribution in [1.82, 2.24) is 19.7 Å². The summed E-state index contributed by atoms with van der Waals surface area (Å²) in [5, 5.41) is 6.72. The Morgan fingerprint density at radius 2 is 1.83 bits per heavy atom. The van der Waals surface area contributed by atoms with Gasteiger partial charge in [-0.05, 0) is 42.5 Å². The minimum Gasteiger partial charge on any atom is -0.431 e. The molecule has 29 heavy (non-hydrogen) atoms. The summed E-state index contributed by atoms with van der Waals surface area (Å²) in [6.45, 7) is 0. The molecule has 9 nitrogen and oxygen atoms in total. The molecule has 10 heteroatoms. The van der Waals surface area contributed by atoms with Gasteiger partial charge >= 0.3 is 6.01 Å². The molecule has 1 N–H and O–H groups in total. The number of amides is 1. The zero-order valence-corrected chi connectivity index (χ0v) is 16.0. The molecule has 0 unspecified atom stereocenters. The smallest absolute Gasteiger partial charge is 0.302 e. The van der Waals surface area contributed by atoms with E-state index in [0.29, 0.717) is 17.1 Å². The Morgan fingerprint density at radius 1 is 1.03 bits per heavy atom. The number of carbonyl (C=O) groups excluding carboxylic acids is 1. The number of sulfone groups is 1. The van der Waals surface area contributed by atoms with Crippen LogP contribution in [0, 0.1) is 0 Å². The van der Waals surface area contributed by atoms with Crippen LogP contribution >= 0.6 is 0 Å². The summed E-state index contributed by atoms with van der Waals surface area (Å²) >= 11 is 0. The van der Waals surface area contributed by atoms with Gasteiger partial charge in [-0.3, -0.25) is 15.1 Å². The van der Waals surface area contributed by atoms with Gasteiger partial charge in [0.05, 0.1) is 22.5 Å². The van der Waals surface area contributed by atoms with E-state index >= 15 is 0 Å². The summed E-state index contributed by atoms with van der Waals surface area (Å²) in [6, 6.07) is 13.0. The normalized spacial score (nSPS) is 11.3. The van der Waals surface area contributed by atoms with Gasteiger partial charge in [-0.25, -0.2) is 13.1 Å². The Morgan fingerprint density at radius 3 is 2.52 bits per heavy atom. The summed E-state index contributed by atoms with van der Waals surface area (Å²) < 4.78 is 29.9. The van der Waals surface area contributed by atoms with Crippen molar-refractivity contribution in [2.45, 2.75) is 4.90 Å². The lowest BCUT2D eigenvalue weighted by Gasteiger charge is -2.07. The molecule has 0 bridgehead atoms. The number of hydrogen-bond acceptors (Lipinski definition) is 7. The van der Waals surface area contributed by atoms with Crippen molar-refractivity contribution in [1.29, 1.82) is 0 Å². The second-order valence-corrected chi connectivity index (χ2v) is 8.12. The highest BCUT2D eigenvalue weighted by Crippen LogP contribution is 2.19. The Kier molecular flexibility index (Phi) is 4.69. The summed E-state index contributed by atoms with van der Waals surface area (Å²) in [4.78, 5) is 21.2. The van der Waals surface area contributed by atoms with Crippen LogP contribution < -0.4 is 5.32 Å². The van der Waals surface area contributed by atoms with Gasteiger partial charge in [-0.15, -0.1) is 0 Å². The molecule has 1 amide bonds. The van der Waals surface area contributed by atoms with E-state index in [1.54, 1.807) is 30.5 Å². The molecule has 0 aliphatic rings. The fourth-order valence-corrected chi connectivity index (χ4v) is 3.27. The van der Waals surface area contributed by atoms with E-state index in [4.69, 9.17) is 4.42 Å². The first-order chi connectivity index (χ1) is 13.9. The second-order valence-electron chi connectivity index (χ2n) is 6.10. The van der Waals surface area contributed by atoms with Gasteiger partial charge in [0.25, 0.3) is 5.91 Å². The molecule has 0 radical (unpaired) electrons. The number of rotatable bonds is 5. The molecule has 3 heterocycles. The van der Waals surface area contributed by atoms with Crippen LogP contribution in [-0.2, 0) is 9.84 Å². The van der Waals surface area contributed by atoms with Gasteiger partial charge in [-0.1, -0.05) is 6.07 Å². The van der Waals surface area contributed by atoms with E-state index in [1.165, 1.54) is 35.3 Å². The van der Waals surface area contributed by atoms with Gasteiger partial charge in [0.15, 0.2) is 9.84 Å². The first-order valence-electron chi connectivity index (χ1n) is 8.44. The molecule has 4 aromatic rings. The molecule has 0 saturated heterocycles. The largest absolute Gasteiger partial charge is 0.431 e. The quantitative estimate of drug-likeness (QED) is 0.538. The molecule has 146 valence electrons. The highest BCUT2D eigenvalue weighted by Gasteiger charge is 2.17. The molecule has 0 spiro atoms. The van der Waals surface area contributed by atoms with Crippen LogP contribution in [-0.4, -0.2) is 40.3 Å². The molecule has 0 aliphatic heterocycles. The highest BCUT2D eigenvalue weighted by atomic mass is 32.2. The standard InChI is InChI=1S/C19H15N5O4S/c1-29(26,27)14-7-5-13(6-8-14)24-17(9-11-21-24)18(25)23-19-22-16(12-28-19)15-4-2-3-10-20-15/h2-12H,1H3,(H,22,23,25). The van der Waals surface area contributed by atoms with Crippen molar-refractivity contribution in [2.24, 2.45) is 0 Å². The summed E-state index contributed by atoms with van der Waals surface area (Å²) in [5.74, 6) is -0.482. The monoisotopic (exact) mass is 409 g/mol. The van der Waals surface area contributed by atoms with Crippen LogP contribution in [0.3, 0.4) is 0 Å². The molecular weight excluding hydrogens is 394 g/mol. The molecule has 0 fully saturated rings. The fourth-order valence-electron chi connectivity index (χ4n) is 2.64. The maximum atomic E-state index is 12.7. The number of anilines is 1. The van der Waals surface area contributed by atoms with Crippen molar-refractivity contribution in [3.8, 4) is 17.1 Å². The summed E-state index contributed by atoms with van der Waals surface area (Å²) in [6.07, 6.45) is 5.63. The number of oxazole rings is 1. The highest BCUT2D eigenvalue weighted by molar-refractivity contribution is 7.90. The van der Waals surface area contributed by atoms with Crippen LogP contribution in [0.25, 0.3) is 17.1 Å². The zero-order valence-electron chi connectivity index (χ0n) is 15.2. The van der Waals surface area contributed by atoms with Crippen molar-refractivity contribution < 1.29 is 17.6 Å². The van der Waals surface area contributed by atoms with Crippen molar-refractivity contribution in [3.05, 3.63) is 72.9 Å². The van der Waals surface area contributed by atoms with Crippen LogP contribution in [0.2, 0.25) is 0 Å². The minimum absolute atomic E-state index is 0.0239. The average molecular weight is 409 g/mol. The number of nitrogens with zero attached hydrogens (tertiary/aromatic N) is 4. The SMILES string of the molecule is CS(=O)(=O)c1ccc(-n2nccc2C(=O)Nc2nc(-c3ccccn3)co2)cc1. The number of nitrogens with one attached hydrogen (secondary N) is 1. The molecule has 4 rings (SSSR count). The summed E-state index contributed by atoms with van der Waals surface area (Å²) in [5.41, 5.74) is 1.88. The maximum absolute atomic E-state index is 12.7. The molecule has 0 saturated carbocycles. The van der Waals surface area contributed by atoms with Gasteiger partial charge in [-0.2, -0.15) is 10.1 Å². The Bertz CT molecular complexity index is 1260. The van der Waals surface area contributed by atoms with Crippen molar-refractivity contribution >= 4 is 21.8 Å². The maximum Gasteiger partial charge on any atom is 0.302 e. The predicted molar refractivity (Wildman–Crippen MR) is 104 cm³/mol. The Hall–Kier alpha value is -3.79. The third-order valence-corrected chi connectivity index (χ3v) is 5.17. The van der Waals surface area contributed by atoms with E-state index in [0.717, 1.165) is 6.26 Å². The number of aromatic nitrogens is 4. The van der Waals surface area contributed by atoms with Crippen molar-refractivity contribution in [2.75, 3.05) is 11.6 Å². The van der Waals surface area contributed by atoms with Gasteiger partial charge in [0.1, 0.15) is 17.7 Å². The second kappa shape index (κ2) is 7.32. The lowest BCUT2D eigenvalue weighted by Crippen LogP contribution is -2.17. The first-order valence-corrected chi connectivity index (χ1v) is 10.3. The summed E-state index contributed by atoms with van der Waals surface area (Å²) in [7, 11) is -3.31. The van der Waals surface area contributed by atoms with Gasteiger partial charge in [0, 0.05) is 12.5 Å². The van der Waals surface area contributed by atoms with E-state index in [2.05, 4.69) is 20.4 Å². The third kappa shape index (κ3) is 3.92. The topological polar surface area (TPSA) is 120 Å². The first kappa shape index (κ1) is 18.6. The lowest BCUT2D eigenvalue weighted by molar-refractivity contribution is 0.101. The van der Waals surface area contributed by atoms with Gasteiger partial charge in [0.2, 0.25) is 0 Å². The van der Waals surface area contributed by atoms with E-state index in [9.17, 15) is 13.2 Å². The number of carbonyl (C=O) groups is 1. The van der Waals surface area contributed by atoms with E-state index in [-0.39, 0.29) is 16.6 Å². The molecule has 1 aromatic carbocycles. The number of benzene rings is 1. The van der Waals surface area contributed by atoms with Crippen molar-refractivity contribution in [3.63, 3.8) is 0 Å². The van der Waals surface area contributed by atoms with E-state index < -0.39 is 15.7 Å². The lowest BCUT2D eigenvalue weighted by atomic mass is 10.3. The molecule has 0 aliphatic carbocycles. The van der Waals surface area contributed by atoms with Crippen LogP contribution in [0.15, 0.2) is 76.5 Å². The third-order valence-electron chi connectivity index (χ3n) is 4.04. The number of hydrogen-bond donors (Lipinski definition) is 1. The molecule has 3 aromatic heterocycles. The van der Waals surface area contributed by atoms with Crippen LogP contribution in [0.1, 0.15) is 10.5 Å². The molecular formula is C19H15N5O4S. The van der Waals surface area contributed by atoms with Crippen LogP contribution in [0.5, 0.6) is 0 Å². The van der Waals surface area contributed by atoms with Gasteiger partial charge < -0.3 is 4.42 Å². The van der Waals surface area contributed by atoms with Crippen LogP contribution in [0.4, 0.5) is 6.01 Å². The Labute approximate surface area is 166 Å².